The van der Waals surface area contributed by atoms with Crippen LogP contribution in [0, 0.1) is 3.57 Å². The molecule has 0 atom stereocenters. The van der Waals surface area contributed by atoms with E-state index in [1.165, 1.54) is 3.57 Å². The van der Waals surface area contributed by atoms with Gasteiger partial charge in [0.15, 0.2) is 0 Å². The van der Waals surface area contributed by atoms with Crippen LogP contribution in [0.1, 0.15) is 0 Å². The van der Waals surface area contributed by atoms with E-state index in [4.69, 9.17) is 0 Å². The van der Waals surface area contributed by atoms with Crippen LogP contribution in [0.4, 0.5) is 0 Å². The molecule has 1 heterocycles. The van der Waals surface area contributed by atoms with E-state index in [9.17, 15) is 0 Å². The quantitative estimate of drug-likeness (QED) is 0.667. The van der Waals surface area contributed by atoms with E-state index in [0.29, 0.717) is 0 Å². The molecular formula is C14H10IN3. The summed E-state index contributed by atoms with van der Waals surface area (Å²) in [7, 11) is 0. The lowest BCUT2D eigenvalue weighted by atomic mass is 10.2. The summed E-state index contributed by atoms with van der Waals surface area (Å²) in [6.07, 6.45) is 1.94. The number of aromatic nitrogens is 3. The van der Waals surface area contributed by atoms with Crippen LogP contribution in [-0.2, 0) is 0 Å². The molecule has 88 valence electrons. The van der Waals surface area contributed by atoms with Gasteiger partial charge in [0, 0.05) is 9.13 Å². The Morgan fingerprint density at radius 2 is 1.61 bits per heavy atom. The molecule has 2 aromatic carbocycles. The molecule has 0 aliphatic carbocycles. The van der Waals surface area contributed by atoms with Crippen molar-refractivity contribution in [2.45, 2.75) is 0 Å². The minimum absolute atomic E-state index is 0.883. The highest BCUT2D eigenvalue weighted by molar-refractivity contribution is 14.1. The largest absolute Gasteiger partial charge is 0.220 e. The Kier molecular flexibility index (Phi) is 3.10. The molecular weight excluding hydrogens is 333 g/mol. The van der Waals surface area contributed by atoms with Crippen LogP contribution >= 0.6 is 22.6 Å². The van der Waals surface area contributed by atoms with Crippen molar-refractivity contribution in [1.29, 1.82) is 0 Å². The lowest BCUT2D eigenvalue weighted by molar-refractivity contribution is 0.803. The molecule has 0 unspecified atom stereocenters. The number of nitrogens with zero attached hydrogens (tertiary/aromatic N) is 3. The lowest BCUT2D eigenvalue weighted by Crippen LogP contribution is -1.94. The molecule has 1 aromatic heterocycles. The summed E-state index contributed by atoms with van der Waals surface area (Å²) in [4.78, 5) is 0. The van der Waals surface area contributed by atoms with E-state index in [0.717, 1.165) is 16.9 Å². The van der Waals surface area contributed by atoms with Gasteiger partial charge < -0.3 is 0 Å². The minimum atomic E-state index is 0.883. The molecule has 0 saturated carbocycles. The number of halogens is 1. The van der Waals surface area contributed by atoms with Crippen molar-refractivity contribution in [3.63, 3.8) is 0 Å². The second-order valence-corrected chi connectivity index (χ2v) is 5.14. The van der Waals surface area contributed by atoms with Gasteiger partial charge in [0.2, 0.25) is 0 Å². The van der Waals surface area contributed by atoms with Gasteiger partial charge in [-0.25, -0.2) is 4.68 Å². The Morgan fingerprint density at radius 3 is 2.33 bits per heavy atom. The SMILES string of the molecule is [123I]c1ccc(-n2cc(-c3ccccc3)nn2)cc1. The fourth-order valence-corrected chi connectivity index (χ4v) is 2.08. The third-order valence-electron chi connectivity index (χ3n) is 2.65. The fourth-order valence-electron chi connectivity index (χ4n) is 1.73. The second kappa shape index (κ2) is 4.89. The van der Waals surface area contributed by atoms with E-state index < -0.39 is 0 Å². The predicted molar refractivity (Wildman–Crippen MR) is 79.5 cm³/mol. The molecule has 18 heavy (non-hydrogen) atoms. The molecule has 0 bridgehead atoms. The lowest BCUT2D eigenvalue weighted by Gasteiger charge is -1.99. The fraction of sp³-hybridized carbons (Fsp3) is 0. The summed E-state index contributed by atoms with van der Waals surface area (Å²) >= 11 is 2.29. The molecule has 0 spiro atoms. The summed E-state index contributed by atoms with van der Waals surface area (Å²) < 4.78 is 3.00. The van der Waals surface area contributed by atoms with Gasteiger partial charge in [-0.05, 0) is 46.9 Å². The average molecular weight is 343 g/mol. The van der Waals surface area contributed by atoms with E-state index in [1.54, 1.807) is 4.68 Å². The summed E-state index contributed by atoms with van der Waals surface area (Å²) in [5.41, 5.74) is 2.98. The van der Waals surface area contributed by atoms with Crippen LogP contribution in [0.25, 0.3) is 16.9 Å². The van der Waals surface area contributed by atoms with Crippen molar-refractivity contribution >= 4 is 22.6 Å². The first-order valence-electron chi connectivity index (χ1n) is 5.57. The van der Waals surface area contributed by atoms with Crippen molar-refractivity contribution in [2.75, 3.05) is 0 Å². The highest BCUT2D eigenvalue weighted by atomic mass is 123. The van der Waals surface area contributed by atoms with E-state index >= 15 is 0 Å². The van der Waals surface area contributed by atoms with Gasteiger partial charge in [-0.2, -0.15) is 0 Å². The molecule has 0 aliphatic rings. The Bertz CT molecular complexity index is 644. The summed E-state index contributed by atoms with van der Waals surface area (Å²) in [5.74, 6) is 0. The van der Waals surface area contributed by atoms with Crippen molar-refractivity contribution in [2.24, 2.45) is 0 Å². The van der Waals surface area contributed by atoms with Crippen molar-refractivity contribution < 1.29 is 0 Å². The van der Waals surface area contributed by atoms with Gasteiger partial charge in [0.1, 0.15) is 5.69 Å². The molecule has 0 saturated heterocycles. The zero-order valence-corrected chi connectivity index (χ0v) is 11.7. The van der Waals surface area contributed by atoms with Gasteiger partial charge >= 0.3 is 0 Å². The normalized spacial score (nSPS) is 10.5. The number of hydrogen-bond donors (Lipinski definition) is 0. The monoisotopic (exact) mass is 343 g/mol. The average Bonchev–Trinajstić information content (AvgIpc) is 2.90. The van der Waals surface area contributed by atoms with Crippen LogP contribution in [0.3, 0.4) is 0 Å². The maximum atomic E-state index is 4.20. The Hall–Kier alpha value is -1.69. The molecule has 3 rings (SSSR count). The Labute approximate surface area is 119 Å². The maximum absolute atomic E-state index is 4.20. The first-order valence-corrected chi connectivity index (χ1v) is 6.64. The van der Waals surface area contributed by atoms with Crippen LogP contribution in [0.15, 0.2) is 60.8 Å². The Balaban J connectivity index is 1.97. The molecule has 0 fully saturated rings. The van der Waals surface area contributed by atoms with Crippen LogP contribution in [-0.4, -0.2) is 15.0 Å². The predicted octanol–water partition coefficient (Wildman–Crippen LogP) is 3.54. The second-order valence-electron chi connectivity index (χ2n) is 3.89. The Morgan fingerprint density at radius 1 is 0.889 bits per heavy atom. The highest BCUT2D eigenvalue weighted by Crippen LogP contribution is 2.17. The van der Waals surface area contributed by atoms with Crippen LogP contribution < -0.4 is 0 Å². The molecule has 0 radical (unpaired) electrons. The molecule has 0 amide bonds. The highest BCUT2D eigenvalue weighted by Gasteiger charge is 2.04. The number of hydrogen-bond acceptors (Lipinski definition) is 2. The third-order valence-corrected chi connectivity index (χ3v) is 3.37. The van der Waals surface area contributed by atoms with Gasteiger partial charge in [-0.15, -0.1) is 5.10 Å². The van der Waals surface area contributed by atoms with Gasteiger partial charge in [0.25, 0.3) is 0 Å². The molecule has 0 aliphatic heterocycles. The van der Waals surface area contributed by atoms with Crippen LogP contribution in [0.2, 0.25) is 0 Å². The van der Waals surface area contributed by atoms with Crippen LogP contribution in [0.5, 0.6) is 0 Å². The third kappa shape index (κ3) is 2.28. The summed E-state index contributed by atoms with van der Waals surface area (Å²) in [6.45, 7) is 0. The van der Waals surface area contributed by atoms with Gasteiger partial charge in [-0.1, -0.05) is 35.5 Å². The van der Waals surface area contributed by atoms with Gasteiger partial charge in [-0.3, -0.25) is 0 Å². The zero-order valence-electron chi connectivity index (χ0n) is 9.49. The van der Waals surface area contributed by atoms with Gasteiger partial charge in [0.05, 0.1) is 11.9 Å². The van der Waals surface area contributed by atoms with E-state index in [2.05, 4.69) is 45.0 Å². The summed E-state index contributed by atoms with van der Waals surface area (Å²) in [6, 6.07) is 18.2. The summed E-state index contributed by atoms with van der Waals surface area (Å²) in [5, 5.41) is 8.35. The van der Waals surface area contributed by atoms with Crippen molar-refractivity contribution in [1.82, 2.24) is 15.0 Å². The van der Waals surface area contributed by atoms with E-state index in [1.807, 2.05) is 48.7 Å². The molecule has 4 heteroatoms. The minimum Gasteiger partial charge on any atom is -0.220 e. The molecule has 3 aromatic rings. The smallest absolute Gasteiger partial charge is 0.113 e. The van der Waals surface area contributed by atoms with E-state index in [-0.39, 0.29) is 0 Å². The molecule has 0 N–H and O–H groups in total. The maximum Gasteiger partial charge on any atom is 0.113 e. The number of benzene rings is 2. The first-order chi connectivity index (χ1) is 8.83. The first kappa shape index (κ1) is 11.4. The zero-order chi connectivity index (χ0) is 12.4. The van der Waals surface area contributed by atoms with Crippen molar-refractivity contribution in [3.05, 3.63) is 64.4 Å². The topological polar surface area (TPSA) is 30.7 Å². The van der Waals surface area contributed by atoms with Crippen molar-refractivity contribution in [3.8, 4) is 16.9 Å². The number of rotatable bonds is 2. The standard InChI is InChI=1S/C14H10IN3/c15-12-6-8-13(9-7-12)18-10-14(16-17-18)11-4-2-1-3-5-11/h1-10H/i15-4. The molecule has 3 nitrogen and oxygen atoms in total.